The average Bonchev–Trinajstić information content (AvgIpc) is 3.43. The molecule has 0 radical (unpaired) electrons. The first-order valence-corrected chi connectivity index (χ1v) is 8.14. The van der Waals surface area contributed by atoms with E-state index in [1.54, 1.807) is 70.8 Å². The molecule has 4 rings (SSSR count). The molecule has 0 bridgehead atoms. The molecular formula is C20H26N4NiO8+4. The summed E-state index contributed by atoms with van der Waals surface area (Å²) in [6.07, 6.45) is 10.2. The van der Waals surface area contributed by atoms with Crippen molar-refractivity contribution >= 4 is 11.9 Å². The molecule has 0 aliphatic heterocycles. The van der Waals surface area contributed by atoms with Crippen molar-refractivity contribution in [1.82, 2.24) is 19.1 Å². The van der Waals surface area contributed by atoms with Crippen LogP contribution in [0.1, 0.15) is 20.7 Å². The van der Waals surface area contributed by atoms with E-state index in [-0.39, 0.29) is 49.5 Å². The van der Waals surface area contributed by atoms with Crippen LogP contribution in [0.15, 0.2) is 86.0 Å². The zero-order chi connectivity index (χ0) is 19.9. The van der Waals surface area contributed by atoms with Gasteiger partial charge in [0.05, 0.1) is 24.6 Å². The number of carbonyl (C=O) groups excluding carboxylic acids is 2. The minimum atomic E-state index is -1.16. The molecule has 2 aromatic carbocycles. The van der Waals surface area contributed by atoms with Crippen molar-refractivity contribution in [2.45, 2.75) is 0 Å². The van der Waals surface area contributed by atoms with Crippen LogP contribution in [0.5, 0.6) is 0 Å². The zero-order valence-corrected chi connectivity index (χ0v) is 18.1. The van der Waals surface area contributed by atoms with Gasteiger partial charge >= 0.3 is 16.5 Å². The first-order valence-electron chi connectivity index (χ1n) is 8.14. The third-order valence-corrected chi connectivity index (χ3v) is 3.81. The molecule has 12 N–H and O–H groups in total. The summed E-state index contributed by atoms with van der Waals surface area (Å²) >= 11 is 0. The van der Waals surface area contributed by atoms with Crippen LogP contribution in [0, 0.1) is 0 Å². The van der Waals surface area contributed by atoms with Crippen molar-refractivity contribution < 1.29 is 58.2 Å². The van der Waals surface area contributed by atoms with E-state index < -0.39 is 11.9 Å². The maximum Gasteiger partial charge on any atom is 2.00 e. The molecule has 180 valence electrons. The van der Waals surface area contributed by atoms with Gasteiger partial charge in [-0.25, -0.2) is 9.97 Å². The number of hydrogen-bond donors (Lipinski definition) is 0. The molecule has 0 unspecified atom stereocenters. The quantitative estimate of drug-likeness (QED) is 0.202. The number of imidazole rings is 2. The summed E-state index contributed by atoms with van der Waals surface area (Å²) in [5.74, 6) is -2.33. The van der Waals surface area contributed by atoms with Crippen LogP contribution in [0.25, 0.3) is 11.4 Å². The summed E-state index contributed by atoms with van der Waals surface area (Å²) in [7, 11) is 0. The Hall–Kier alpha value is -3.87. The van der Waals surface area contributed by atoms with Gasteiger partial charge in [0.25, 0.3) is 0 Å². The Morgan fingerprint density at radius 2 is 0.909 bits per heavy atom. The topological polar surface area (TPSA) is 248 Å². The molecule has 0 fully saturated rings. The van der Waals surface area contributed by atoms with Gasteiger partial charge in [-0.2, -0.15) is 0 Å². The molecule has 2 aromatic heterocycles. The van der Waals surface area contributed by atoms with Crippen molar-refractivity contribution in [3.8, 4) is 11.4 Å². The van der Waals surface area contributed by atoms with Crippen LogP contribution in [-0.4, -0.2) is 31.0 Å². The van der Waals surface area contributed by atoms with E-state index >= 15 is 0 Å². The fourth-order valence-corrected chi connectivity index (χ4v) is 2.36. The van der Waals surface area contributed by atoms with Gasteiger partial charge in [-0.05, 0) is 35.4 Å². The fraction of sp³-hybridized carbons (Fsp3) is 0. The molecule has 4 aromatic rings. The number of aromatic carboxylic acids is 2. The van der Waals surface area contributed by atoms with Crippen LogP contribution in [0.2, 0.25) is 0 Å². The van der Waals surface area contributed by atoms with Crippen molar-refractivity contribution in [2.75, 3.05) is 0 Å². The summed E-state index contributed by atoms with van der Waals surface area (Å²) in [4.78, 5) is 28.7. The van der Waals surface area contributed by atoms with Crippen molar-refractivity contribution in [3.63, 3.8) is 0 Å². The maximum atomic E-state index is 10.5. The molecule has 0 saturated carbocycles. The molecule has 0 aliphatic carbocycles. The normalized spacial score (nSPS) is 8.48. The Labute approximate surface area is 197 Å². The molecule has 2 heterocycles. The van der Waals surface area contributed by atoms with Crippen molar-refractivity contribution in [1.29, 1.82) is 0 Å². The van der Waals surface area contributed by atoms with Gasteiger partial charge in [-0.15, -0.1) is 0 Å². The van der Waals surface area contributed by atoms with Crippen LogP contribution in [0.4, 0.5) is 0 Å². The Bertz CT molecular complexity index is 967. The number of hydrogen-bond acceptors (Lipinski definition) is 6. The van der Waals surface area contributed by atoms with Crippen LogP contribution < -0.4 is 10.2 Å². The number of rotatable bonds is 4. The van der Waals surface area contributed by atoms with E-state index in [2.05, 4.69) is 9.97 Å². The zero-order valence-electron chi connectivity index (χ0n) is 17.1. The molecule has 0 atom stereocenters. The van der Waals surface area contributed by atoms with Gasteiger partial charge in [0.2, 0.25) is 0 Å². The van der Waals surface area contributed by atoms with E-state index in [0.717, 1.165) is 11.4 Å². The van der Waals surface area contributed by atoms with Crippen LogP contribution >= 0.6 is 0 Å². The number of carboxylic acids is 2. The van der Waals surface area contributed by atoms with E-state index in [9.17, 15) is 19.8 Å². The monoisotopic (exact) mass is 508 g/mol. The maximum absolute atomic E-state index is 10.5. The smallest absolute Gasteiger partial charge is 0.545 e. The predicted octanol–water partition coefficient (Wildman–Crippen LogP) is -3.22. The van der Waals surface area contributed by atoms with Gasteiger partial charge in [0, 0.05) is 36.2 Å². The fourth-order valence-electron chi connectivity index (χ4n) is 2.36. The van der Waals surface area contributed by atoms with E-state index in [1.165, 1.54) is 24.3 Å². The molecule has 0 saturated heterocycles. The minimum Gasteiger partial charge on any atom is -0.545 e. The molecule has 0 aliphatic rings. The van der Waals surface area contributed by atoms with Gasteiger partial charge in [-0.1, -0.05) is 24.3 Å². The Balaban J connectivity index is -0.000000474. The van der Waals surface area contributed by atoms with Crippen molar-refractivity contribution in [3.05, 3.63) is 97.1 Å². The second kappa shape index (κ2) is 15.9. The third-order valence-electron chi connectivity index (χ3n) is 3.81. The van der Waals surface area contributed by atoms with Gasteiger partial charge < -0.3 is 50.8 Å². The number of aromatic nitrogens is 4. The van der Waals surface area contributed by atoms with Gasteiger partial charge in [0.1, 0.15) is 0 Å². The Morgan fingerprint density at radius 3 is 1.12 bits per heavy atom. The van der Waals surface area contributed by atoms with Gasteiger partial charge in [0.15, 0.2) is 0 Å². The van der Waals surface area contributed by atoms with Crippen LogP contribution in [0.3, 0.4) is 0 Å². The summed E-state index contributed by atoms with van der Waals surface area (Å²) in [6.45, 7) is 0. The predicted molar refractivity (Wildman–Crippen MR) is 115 cm³/mol. The van der Waals surface area contributed by atoms with E-state index in [4.69, 9.17) is 0 Å². The molecule has 0 amide bonds. The molecular weight excluding hydrogens is 483 g/mol. The number of carboxylic acid groups (broad SMARTS) is 2. The molecule has 33 heavy (non-hydrogen) atoms. The standard InChI is InChI=1S/2C10H8N2O2.Ni.4H2O/c2*13-10(14)8-1-3-9(4-2-8)12-6-5-11-7-12;;;;;/h2*1-7H,(H,13,14);;4*1H2/q;;+2;;;;/p+2. The molecule has 13 heteroatoms. The molecule has 12 nitrogen and oxygen atoms in total. The van der Waals surface area contributed by atoms with Gasteiger partial charge in [-0.3, -0.25) is 0 Å². The average molecular weight is 509 g/mol. The largest absolute Gasteiger partial charge is 2.00 e. The minimum absolute atomic E-state index is 0. The van der Waals surface area contributed by atoms with E-state index in [0.29, 0.717) is 0 Å². The summed E-state index contributed by atoms with van der Waals surface area (Å²) < 4.78 is 3.58. The van der Waals surface area contributed by atoms with E-state index in [1.807, 2.05) is 0 Å². The second-order valence-electron chi connectivity index (χ2n) is 5.61. The third kappa shape index (κ3) is 9.03. The Morgan fingerprint density at radius 1 is 0.606 bits per heavy atom. The Kier molecular flexibility index (Phi) is 16.2. The molecule has 0 spiro atoms. The summed E-state index contributed by atoms with van der Waals surface area (Å²) in [5, 5.41) is 20.9. The van der Waals surface area contributed by atoms with Crippen LogP contribution in [-0.2, 0) is 38.4 Å². The number of nitrogens with zero attached hydrogens (tertiary/aromatic N) is 4. The van der Waals surface area contributed by atoms with Crippen molar-refractivity contribution in [2.24, 2.45) is 0 Å². The SMILES string of the molecule is O=C([O-])c1ccc(-n2ccnc2)cc1.O=C([O-])c1ccc(-n2ccnc2)cc1.[Ni+2].[OH3+].[OH3+].[OH3+].[OH3+]. The summed E-state index contributed by atoms with van der Waals surface area (Å²) in [5.41, 5.74) is 2.09. The first-order chi connectivity index (χ1) is 13.5. The first kappa shape index (κ1) is 33.8. The second-order valence-corrected chi connectivity index (χ2v) is 5.61. The number of benzene rings is 2. The number of carbonyl (C=O) groups is 2. The summed E-state index contributed by atoms with van der Waals surface area (Å²) in [6, 6.07) is 12.8.